The van der Waals surface area contributed by atoms with Gasteiger partial charge in [-0.2, -0.15) is 13.2 Å². The van der Waals surface area contributed by atoms with Gasteiger partial charge in [-0.15, -0.1) is 12.4 Å². The predicted molar refractivity (Wildman–Crippen MR) is 100 cm³/mol. The van der Waals surface area contributed by atoms with Crippen molar-refractivity contribution in [2.24, 2.45) is 0 Å². The molecular formula is C18H17Cl2F3N2O3. The monoisotopic (exact) mass is 436 g/mol. The molecule has 1 aromatic heterocycles. The quantitative estimate of drug-likeness (QED) is 0.734. The van der Waals surface area contributed by atoms with Crippen molar-refractivity contribution in [3.05, 3.63) is 52.1 Å². The number of halogens is 5. The number of hydrogen-bond donors (Lipinski definition) is 1. The first-order valence-corrected chi connectivity index (χ1v) is 8.59. The summed E-state index contributed by atoms with van der Waals surface area (Å²) >= 11 is 6.27. The summed E-state index contributed by atoms with van der Waals surface area (Å²) in [6.07, 6.45) is -1.35. The molecule has 28 heavy (non-hydrogen) atoms. The lowest BCUT2D eigenvalue weighted by Crippen LogP contribution is -2.40. The highest BCUT2D eigenvalue weighted by molar-refractivity contribution is 6.31. The Balaban J connectivity index is 0.00000280. The van der Waals surface area contributed by atoms with Gasteiger partial charge in [-0.1, -0.05) is 18.5 Å². The molecule has 1 aliphatic heterocycles. The summed E-state index contributed by atoms with van der Waals surface area (Å²) in [5.74, 6) is -0.905. The van der Waals surface area contributed by atoms with Crippen LogP contribution in [0.2, 0.25) is 5.02 Å². The second kappa shape index (κ2) is 8.45. The molecule has 3 rings (SSSR count). The summed E-state index contributed by atoms with van der Waals surface area (Å²) in [6.45, 7) is 2.33. The lowest BCUT2D eigenvalue weighted by atomic mass is 10.00. The smallest absolute Gasteiger partial charge is 0.430 e. The summed E-state index contributed by atoms with van der Waals surface area (Å²) < 4.78 is 46.5. The Bertz CT molecular complexity index is 910. The number of fused-ring (bicyclic) bond motifs is 1. The number of aryl methyl sites for hydroxylation is 1. The average Bonchev–Trinajstić information content (AvgIpc) is 3.01. The van der Waals surface area contributed by atoms with Crippen LogP contribution in [-0.2, 0) is 17.8 Å². The molecule has 1 atom stereocenters. The van der Waals surface area contributed by atoms with Crippen LogP contribution in [-0.4, -0.2) is 32.9 Å². The third-order valence-electron chi connectivity index (χ3n) is 4.18. The van der Waals surface area contributed by atoms with Gasteiger partial charge in [0, 0.05) is 29.4 Å². The van der Waals surface area contributed by atoms with Crippen molar-refractivity contribution in [1.29, 1.82) is 0 Å². The molecule has 0 spiro atoms. The lowest BCUT2D eigenvalue weighted by molar-refractivity contribution is -0.187. The van der Waals surface area contributed by atoms with E-state index in [4.69, 9.17) is 21.4 Å². The highest BCUT2D eigenvalue weighted by Gasteiger charge is 2.48. The maximum Gasteiger partial charge on any atom is 0.430 e. The van der Waals surface area contributed by atoms with Crippen molar-refractivity contribution in [3.8, 4) is 5.75 Å². The highest BCUT2D eigenvalue weighted by Crippen LogP contribution is 2.39. The van der Waals surface area contributed by atoms with E-state index in [1.165, 1.54) is 12.1 Å². The third-order valence-corrected chi connectivity index (χ3v) is 4.53. The molecule has 0 bridgehead atoms. The minimum Gasteiger partial charge on any atom is -0.478 e. The molecule has 0 saturated heterocycles. The molecule has 2 heterocycles. The summed E-state index contributed by atoms with van der Waals surface area (Å²) in [5.41, 5.74) is -0.126. The molecule has 0 radical (unpaired) electrons. The van der Waals surface area contributed by atoms with Crippen LogP contribution in [0, 0.1) is 0 Å². The Morgan fingerprint density at radius 2 is 2.11 bits per heavy atom. The maximum atomic E-state index is 13.2. The average molecular weight is 437 g/mol. The fourth-order valence-electron chi connectivity index (χ4n) is 2.92. The Labute approximate surface area is 170 Å². The molecule has 1 N–H and O–H groups in total. The molecule has 0 amide bonds. The van der Waals surface area contributed by atoms with E-state index in [0.29, 0.717) is 17.1 Å². The van der Waals surface area contributed by atoms with Crippen LogP contribution in [0.15, 0.2) is 30.1 Å². The first-order valence-electron chi connectivity index (χ1n) is 8.21. The molecule has 0 aliphatic carbocycles. The van der Waals surface area contributed by atoms with Crippen LogP contribution in [0.3, 0.4) is 0 Å². The molecule has 0 saturated carbocycles. The molecule has 1 aliphatic rings. The molecule has 152 valence electrons. The second-order valence-corrected chi connectivity index (χ2v) is 6.55. The van der Waals surface area contributed by atoms with Gasteiger partial charge in [0.05, 0.1) is 12.1 Å². The van der Waals surface area contributed by atoms with E-state index in [1.807, 2.05) is 11.5 Å². The van der Waals surface area contributed by atoms with Gasteiger partial charge in [-0.25, -0.2) is 9.78 Å². The Hall–Kier alpha value is -2.19. The van der Waals surface area contributed by atoms with E-state index in [-0.39, 0.29) is 23.7 Å². The van der Waals surface area contributed by atoms with Crippen LogP contribution in [0.5, 0.6) is 5.75 Å². The van der Waals surface area contributed by atoms with E-state index in [1.54, 1.807) is 12.4 Å². The van der Waals surface area contributed by atoms with Crippen LogP contribution in [0.1, 0.15) is 30.3 Å². The van der Waals surface area contributed by atoms with E-state index in [2.05, 4.69) is 4.98 Å². The number of ether oxygens (including phenoxy) is 1. The molecule has 10 heteroatoms. The van der Waals surface area contributed by atoms with Gasteiger partial charge < -0.3 is 14.4 Å². The Kier molecular flexibility index (Phi) is 6.67. The van der Waals surface area contributed by atoms with Crippen LogP contribution in [0.25, 0.3) is 6.08 Å². The lowest BCUT2D eigenvalue weighted by Gasteiger charge is -2.27. The van der Waals surface area contributed by atoms with Gasteiger partial charge >= 0.3 is 12.1 Å². The topological polar surface area (TPSA) is 64.4 Å². The van der Waals surface area contributed by atoms with Crippen molar-refractivity contribution >= 4 is 36.1 Å². The van der Waals surface area contributed by atoms with Crippen molar-refractivity contribution in [3.63, 3.8) is 0 Å². The number of nitrogens with zero attached hydrogens (tertiary/aromatic N) is 2. The number of hydrogen-bond acceptors (Lipinski definition) is 3. The SMILES string of the molecule is CCCc1nccn1Cc1cc2c(cc1Cl)C=C(C(=O)O)C(C(F)(F)F)O2.Cl. The first-order chi connectivity index (χ1) is 12.7. The van der Waals surface area contributed by atoms with E-state index in [9.17, 15) is 18.0 Å². The molecule has 0 fully saturated rings. The third kappa shape index (κ3) is 4.44. The highest BCUT2D eigenvalue weighted by atomic mass is 35.5. The molecule has 2 aromatic rings. The number of imidazole rings is 1. The fourth-order valence-corrected chi connectivity index (χ4v) is 3.15. The van der Waals surface area contributed by atoms with Gasteiger partial charge in [0.25, 0.3) is 0 Å². The Morgan fingerprint density at radius 3 is 2.71 bits per heavy atom. The number of aromatic nitrogens is 2. The first kappa shape index (κ1) is 22.1. The number of alkyl halides is 3. The standard InChI is InChI=1S/C18H16ClF3N2O3.ClH/c1-2-3-15-23-4-5-24(15)9-11-8-14-10(7-13(11)19)6-12(17(25)26)16(27-14)18(20,21)22;/h4-8,16H,2-3,9H2,1H3,(H,25,26);1H. The van der Waals surface area contributed by atoms with Gasteiger partial charge in [0.1, 0.15) is 11.6 Å². The Morgan fingerprint density at radius 1 is 1.39 bits per heavy atom. The van der Waals surface area contributed by atoms with E-state index in [0.717, 1.165) is 24.7 Å². The van der Waals surface area contributed by atoms with Crippen molar-refractivity contribution < 1.29 is 27.8 Å². The van der Waals surface area contributed by atoms with Gasteiger partial charge in [-0.3, -0.25) is 0 Å². The molecule has 1 aromatic carbocycles. The summed E-state index contributed by atoms with van der Waals surface area (Å²) in [6, 6.07) is 2.83. The maximum absolute atomic E-state index is 13.2. The minimum atomic E-state index is -4.85. The fraction of sp³-hybridized carbons (Fsp3) is 0.333. The van der Waals surface area contributed by atoms with Crippen molar-refractivity contribution in [2.75, 3.05) is 0 Å². The number of aliphatic carboxylic acids is 1. The zero-order chi connectivity index (χ0) is 19.8. The minimum absolute atomic E-state index is 0. The second-order valence-electron chi connectivity index (χ2n) is 6.15. The largest absolute Gasteiger partial charge is 0.478 e. The number of carboxylic acids is 1. The number of benzene rings is 1. The van der Waals surface area contributed by atoms with Crippen molar-refractivity contribution in [1.82, 2.24) is 9.55 Å². The zero-order valence-corrected chi connectivity index (χ0v) is 16.2. The molecule has 5 nitrogen and oxygen atoms in total. The van der Waals surface area contributed by atoms with Gasteiger partial charge in [0.2, 0.25) is 6.10 Å². The van der Waals surface area contributed by atoms with Gasteiger partial charge in [0.15, 0.2) is 0 Å². The van der Waals surface area contributed by atoms with Crippen LogP contribution < -0.4 is 4.74 Å². The normalized spacial score (nSPS) is 15.9. The van der Waals surface area contributed by atoms with E-state index >= 15 is 0 Å². The summed E-state index contributed by atoms with van der Waals surface area (Å²) in [5, 5.41) is 9.39. The zero-order valence-electron chi connectivity index (χ0n) is 14.7. The van der Waals surface area contributed by atoms with Crippen molar-refractivity contribution in [2.45, 2.75) is 38.6 Å². The van der Waals surface area contributed by atoms with Crippen LogP contribution >= 0.6 is 24.0 Å². The summed E-state index contributed by atoms with van der Waals surface area (Å²) in [4.78, 5) is 15.5. The van der Waals surface area contributed by atoms with Gasteiger partial charge in [-0.05, 0) is 30.2 Å². The van der Waals surface area contributed by atoms with Crippen LogP contribution in [0.4, 0.5) is 13.2 Å². The number of carboxylic acid groups (broad SMARTS) is 1. The number of carbonyl (C=O) groups is 1. The number of rotatable bonds is 5. The molecular weight excluding hydrogens is 420 g/mol. The summed E-state index contributed by atoms with van der Waals surface area (Å²) in [7, 11) is 0. The molecule has 1 unspecified atom stereocenters. The predicted octanol–water partition coefficient (Wildman–Crippen LogP) is 4.75. The van der Waals surface area contributed by atoms with E-state index < -0.39 is 23.8 Å².